The minimum Gasteiger partial charge on any atom is -0.309 e. The highest BCUT2D eigenvalue weighted by Crippen LogP contribution is 2.55. The maximum absolute atomic E-state index is 14.8. The Morgan fingerprint density at radius 1 is 0.442 bits per heavy atom. The van der Waals surface area contributed by atoms with Gasteiger partial charge in [-0.2, -0.15) is 26.3 Å². The smallest absolute Gasteiger partial charge is 0.309 e. The molecule has 0 N–H and O–H groups in total. The van der Waals surface area contributed by atoms with Gasteiger partial charge in [-0.1, -0.05) is 119 Å². The fraction of sp³-hybridized carbons (Fsp3) is 0.205. The molecule has 0 aliphatic heterocycles. The van der Waals surface area contributed by atoms with Crippen LogP contribution in [0.3, 0.4) is 0 Å². The van der Waals surface area contributed by atoms with Crippen molar-refractivity contribution in [2.75, 3.05) is 0 Å². The van der Waals surface area contributed by atoms with E-state index in [0.29, 0.717) is 5.69 Å². The Bertz CT molecular complexity index is 2230. The second kappa shape index (κ2) is 12.4. The van der Waals surface area contributed by atoms with Crippen LogP contribution in [0.2, 0.25) is 0 Å². The van der Waals surface area contributed by atoms with Gasteiger partial charge in [-0.05, 0) is 76.3 Å². The lowest BCUT2D eigenvalue weighted by Gasteiger charge is -2.37. The van der Waals surface area contributed by atoms with E-state index < -0.39 is 29.0 Å². The Hall–Kier alpha value is -5.37. The number of hydrogen-bond acceptors (Lipinski definition) is 1. The molecule has 5 aromatic carbocycles. The summed E-state index contributed by atoms with van der Waals surface area (Å²) in [5.41, 5.74) is -0.809. The van der Waals surface area contributed by atoms with E-state index in [0.717, 1.165) is 74.5 Å². The Morgan fingerprint density at radius 2 is 0.865 bits per heavy atom. The highest BCUT2D eigenvalue weighted by molar-refractivity contribution is 6.10. The molecule has 52 heavy (non-hydrogen) atoms. The molecule has 2 aromatic heterocycles. The van der Waals surface area contributed by atoms with Gasteiger partial charge in [0.15, 0.2) is 0 Å². The largest absolute Gasteiger partial charge is 0.412 e. The van der Waals surface area contributed by atoms with Gasteiger partial charge in [-0.3, -0.25) is 4.98 Å². The molecule has 0 aliphatic carbocycles. The van der Waals surface area contributed by atoms with Gasteiger partial charge in [0.2, 0.25) is 5.41 Å². The third kappa shape index (κ3) is 5.47. The monoisotopic (exact) mass is 706 g/mol. The average Bonchev–Trinajstić information content (AvgIpc) is 3.45. The molecule has 2 nitrogen and oxygen atoms in total. The number of rotatable bonds is 7. The van der Waals surface area contributed by atoms with E-state index in [1.165, 1.54) is 18.2 Å². The zero-order chi connectivity index (χ0) is 37.1. The molecule has 8 heteroatoms. The topological polar surface area (TPSA) is 17.8 Å². The van der Waals surface area contributed by atoms with Crippen molar-refractivity contribution in [3.8, 4) is 5.69 Å². The van der Waals surface area contributed by atoms with E-state index in [1.807, 2.05) is 65.2 Å². The first-order chi connectivity index (χ1) is 24.6. The predicted molar refractivity (Wildman–Crippen MR) is 195 cm³/mol. The van der Waals surface area contributed by atoms with E-state index in [9.17, 15) is 26.3 Å². The minimum atomic E-state index is -5.72. The summed E-state index contributed by atoms with van der Waals surface area (Å²) >= 11 is 0. The third-order valence-corrected chi connectivity index (χ3v) is 10.7. The quantitative estimate of drug-likeness (QED) is 0.151. The van der Waals surface area contributed by atoms with Crippen molar-refractivity contribution < 1.29 is 26.3 Å². The van der Waals surface area contributed by atoms with E-state index in [2.05, 4.69) is 69.1 Å². The summed E-state index contributed by atoms with van der Waals surface area (Å²) in [6.45, 7) is 8.61. The first-order valence-corrected chi connectivity index (χ1v) is 16.9. The lowest BCUT2D eigenvalue weighted by atomic mass is 9.75. The lowest BCUT2D eigenvalue weighted by Crippen LogP contribution is -2.55. The summed E-state index contributed by atoms with van der Waals surface area (Å²) < 4.78 is 90.6. The zero-order valence-corrected chi connectivity index (χ0v) is 29.0. The summed E-state index contributed by atoms with van der Waals surface area (Å²) in [5, 5.41) is 1.83. The van der Waals surface area contributed by atoms with Crippen LogP contribution >= 0.6 is 0 Å². The summed E-state index contributed by atoms with van der Waals surface area (Å²) in [4.78, 5) is 3.57. The zero-order valence-electron chi connectivity index (χ0n) is 29.0. The molecule has 0 bridgehead atoms. The third-order valence-electron chi connectivity index (χ3n) is 10.7. The van der Waals surface area contributed by atoms with Crippen molar-refractivity contribution >= 4 is 21.8 Å². The van der Waals surface area contributed by atoms with Crippen molar-refractivity contribution in [3.05, 3.63) is 179 Å². The maximum atomic E-state index is 14.8. The number of aromatic nitrogens is 2. The van der Waals surface area contributed by atoms with Crippen LogP contribution in [0.1, 0.15) is 61.2 Å². The number of fused-ring (bicyclic) bond motifs is 3. The molecular formula is C44H36F6N2. The molecule has 2 heterocycles. The number of pyridine rings is 1. The second-order valence-corrected chi connectivity index (χ2v) is 14.3. The normalized spacial score (nSPS) is 13.2. The van der Waals surface area contributed by atoms with Crippen LogP contribution in [0.5, 0.6) is 0 Å². The van der Waals surface area contributed by atoms with Crippen molar-refractivity contribution in [1.82, 2.24) is 9.55 Å². The van der Waals surface area contributed by atoms with Crippen molar-refractivity contribution in [2.45, 2.75) is 56.3 Å². The standard InChI is InChI=1S/C44H36F6N2/c1-40(2,29-13-7-5-8-14-29)32-20-24-37-35(27-32)36-28-33(41(3,4)30-15-9-6-10-16-30)21-25-38(36)52(37)34-22-18-31(19-23-34)42(43(45,46)47,44(48,49)50)39-17-11-12-26-51-39/h5-28H,1-4H3. The van der Waals surface area contributed by atoms with E-state index in [-0.39, 0.29) is 10.8 Å². The van der Waals surface area contributed by atoms with Crippen LogP contribution in [0.4, 0.5) is 26.3 Å². The van der Waals surface area contributed by atoms with Crippen molar-refractivity contribution in [1.29, 1.82) is 0 Å². The first-order valence-electron chi connectivity index (χ1n) is 16.9. The Balaban J connectivity index is 1.46. The predicted octanol–water partition coefficient (Wildman–Crippen LogP) is 12.2. The number of benzene rings is 5. The molecule has 0 radical (unpaired) electrons. The highest BCUT2D eigenvalue weighted by Gasteiger charge is 2.73. The van der Waals surface area contributed by atoms with Gasteiger partial charge in [0.1, 0.15) is 0 Å². The van der Waals surface area contributed by atoms with Crippen LogP contribution < -0.4 is 0 Å². The fourth-order valence-corrected chi connectivity index (χ4v) is 7.49. The number of alkyl halides is 6. The van der Waals surface area contributed by atoms with Crippen LogP contribution in [0.25, 0.3) is 27.5 Å². The first kappa shape index (κ1) is 35.1. The van der Waals surface area contributed by atoms with Gasteiger partial charge in [0.05, 0.1) is 16.7 Å². The molecule has 0 amide bonds. The Labute approximate surface area is 298 Å². The molecule has 0 atom stereocenters. The number of hydrogen-bond donors (Lipinski definition) is 0. The fourth-order valence-electron chi connectivity index (χ4n) is 7.49. The van der Waals surface area contributed by atoms with Gasteiger partial charge in [-0.25, -0.2) is 0 Å². The summed E-state index contributed by atoms with van der Waals surface area (Å²) in [6, 6.07) is 40.3. The van der Waals surface area contributed by atoms with Crippen LogP contribution in [-0.2, 0) is 16.2 Å². The van der Waals surface area contributed by atoms with Gasteiger partial charge in [0, 0.05) is 33.5 Å². The molecule has 0 saturated carbocycles. The number of halogens is 6. The molecule has 7 aromatic rings. The molecular weight excluding hydrogens is 670 g/mol. The van der Waals surface area contributed by atoms with Crippen molar-refractivity contribution in [2.24, 2.45) is 0 Å². The molecule has 0 saturated heterocycles. The van der Waals surface area contributed by atoms with Crippen LogP contribution in [0.15, 0.2) is 146 Å². The Kier molecular flexibility index (Phi) is 8.36. The molecule has 7 rings (SSSR count). The van der Waals surface area contributed by atoms with Gasteiger partial charge in [-0.15, -0.1) is 0 Å². The van der Waals surface area contributed by atoms with Gasteiger partial charge in [0.25, 0.3) is 0 Å². The molecule has 0 spiro atoms. The van der Waals surface area contributed by atoms with Crippen LogP contribution in [0, 0.1) is 0 Å². The summed E-state index contributed by atoms with van der Waals surface area (Å²) in [7, 11) is 0. The van der Waals surface area contributed by atoms with E-state index in [4.69, 9.17) is 0 Å². The lowest BCUT2D eigenvalue weighted by molar-refractivity contribution is -0.289. The average molecular weight is 707 g/mol. The van der Waals surface area contributed by atoms with E-state index >= 15 is 0 Å². The molecule has 264 valence electrons. The molecule has 0 aliphatic rings. The van der Waals surface area contributed by atoms with Crippen molar-refractivity contribution in [3.63, 3.8) is 0 Å². The Morgan fingerprint density at radius 3 is 1.27 bits per heavy atom. The summed E-state index contributed by atoms with van der Waals surface area (Å²) in [6.07, 6.45) is -10.5. The molecule has 0 fully saturated rings. The molecule has 0 unspecified atom stereocenters. The van der Waals surface area contributed by atoms with Gasteiger partial charge < -0.3 is 4.57 Å². The van der Waals surface area contributed by atoms with Gasteiger partial charge >= 0.3 is 12.4 Å². The number of nitrogens with zero attached hydrogens (tertiary/aromatic N) is 2. The van der Waals surface area contributed by atoms with E-state index in [1.54, 1.807) is 0 Å². The highest BCUT2D eigenvalue weighted by atomic mass is 19.4. The second-order valence-electron chi connectivity index (χ2n) is 14.3. The van der Waals surface area contributed by atoms with Crippen LogP contribution in [-0.4, -0.2) is 21.9 Å². The maximum Gasteiger partial charge on any atom is 0.412 e. The SMILES string of the molecule is CC(C)(c1ccccc1)c1ccc2c(c1)c1cc(C(C)(C)c3ccccc3)ccc1n2-c1ccc(C(c2ccccn2)(C(F)(F)F)C(F)(F)F)cc1. The summed E-state index contributed by atoms with van der Waals surface area (Å²) in [5.74, 6) is 0. The minimum absolute atomic E-state index is 0.365.